The molecule has 0 unspecified atom stereocenters. The predicted molar refractivity (Wildman–Crippen MR) is 67.9 cm³/mol. The van der Waals surface area contributed by atoms with Crippen LogP contribution in [0.25, 0.3) is 0 Å². The van der Waals surface area contributed by atoms with E-state index in [-0.39, 0.29) is 5.95 Å². The van der Waals surface area contributed by atoms with E-state index in [0.717, 1.165) is 17.1 Å². The summed E-state index contributed by atoms with van der Waals surface area (Å²) in [6.07, 6.45) is 1.92. The van der Waals surface area contributed by atoms with Gasteiger partial charge in [-0.25, -0.2) is 4.68 Å². The minimum Gasteiger partial charge on any atom is -0.364 e. The second-order valence-electron chi connectivity index (χ2n) is 4.36. The van der Waals surface area contributed by atoms with Crippen LogP contribution in [0, 0.1) is 19.8 Å². The van der Waals surface area contributed by atoms with E-state index in [4.69, 9.17) is 0 Å². The molecule has 0 aromatic carbocycles. The van der Waals surface area contributed by atoms with Crippen LogP contribution in [0.1, 0.15) is 23.7 Å². The molecule has 0 saturated carbocycles. The van der Waals surface area contributed by atoms with Gasteiger partial charge in [-0.2, -0.15) is 14.6 Å². The lowest BCUT2D eigenvalue weighted by Crippen LogP contribution is -2.05. The van der Waals surface area contributed by atoms with Gasteiger partial charge in [-0.3, -0.25) is 4.68 Å². The number of halogens is 1. The van der Waals surface area contributed by atoms with Crippen molar-refractivity contribution in [3.05, 3.63) is 29.0 Å². The summed E-state index contributed by atoms with van der Waals surface area (Å²) >= 11 is 0. The van der Waals surface area contributed by atoms with Crippen LogP contribution in [0.3, 0.4) is 0 Å². The molecule has 5 nitrogen and oxygen atoms in total. The molecule has 0 aliphatic heterocycles. The Hall–Kier alpha value is -1.85. The maximum Gasteiger partial charge on any atom is 0.216 e. The SMILES string of the molecule is CCn1nc(C)c(CNc2nn(C)cc2C)c1F. The molecule has 0 aliphatic carbocycles. The fourth-order valence-electron chi connectivity index (χ4n) is 1.95. The van der Waals surface area contributed by atoms with Crippen LogP contribution in [0.2, 0.25) is 0 Å². The van der Waals surface area contributed by atoms with Gasteiger partial charge < -0.3 is 5.32 Å². The molecule has 2 aromatic rings. The minimum atomic E-state index is -0.268. The van der Waals surface area contributed by atoms with Crippen LogP contribution in [-0.4, -0.2) is 19.6 Å². The average Bonchev–Trinajstić information content (AvgIpc) is 2.77. The van der Waals surface area contributed by atoms with Gasteiger partial charge in [0.25, 0.3) is 0 Å². The number of aryl methyl sites for hydroxylation is 4. The highest BCUT2D eigenvalue weighted by Gasteiger charge is 2.14. The van der Waals surface area contributed by atoms with Gasteiger partial charge in [-0.05, 0) is 20.8 Å². The van der Waals surface area contributed by atoms with Gasteiger partial charge in [0.2, 0.25) is 5.95 Å². The summed E-state index contributed by atoms with van der Waals surface area (Å²) in [4.78, 5) is 0. The second-order valence-corrected chi connectivity index (χ2v) is 4.36. The summed E-state index contributed by atoms with van der Waals surface area (Å²) in [5.41, 5.74) is 2.36. The second kappa shape index (κ2) is 4.80. The van der Waals surface area contributed by atoms with Crippen molar-refractivity contribution in [2.75, 3.05) is 5.32 Å². The van der Waals surface area contributed by atoms with Crippen molar-refractivity contribution >= 4 is 5.82 Å². The first-order valence-corrected chi connectivity index (χ1v) is 5.98. The molecule has 0 saturated heterocycles. The summed E-state index contributed by atoms with van der Waals surface area (Å²) in [7, 11) is 1.86. The smallest absolute Gasteiger partial charge is 0.216 e. The van der Waals surface area contributed by atoms with Crippen molar-refractivity contribution in [3.8, 4) is 0 Å². The summed E-state index contributed by atoms with van der Waals surface area (Å²) in [6.45, 7) is 6.59. The topological polar surface area (TPSA) is 47.7 Å². The van der Waals surface area contributed by atoms with E-state index in [1.165, 1.54) is 4.68 Å². The minimum absolute atomic E-state index is 0.268. The molecule has 0 radical (unpaired) electrons. The molecular formula is C12H18FN5. The Morgan fingerprint density at radius 2 is 2.06 bits per heavy atom. The summed E-state index contributed by atoms with van der Waals surface area (Å²) in [5, 5.41) is 11.6. The third kappa shape index (κ3) is 2.23. The summed E-state index contributed by atoms with van der Waals surface area (Å²) < 4.78 is 17.0. The zero-order chi connectivity index (χ0) is 13.3. The lowest BCUT2D eigenvalue weighted by atomic mass is 10.2. The standard InChI is InChI=1S/C12H18FN5/c1-5-18-11(13)10(9(3)15-18)6-14-12-8(2)7-17(4)16-12/h7H,5-6H2,1-4H3,(H,14,16). The molecule has 0 amide bonds. The number of rotatable bonds is 4. The van der Waals surface area contributed by atoms with Crippen LogP contribution in [0.15, 0.2) is 6.20 Å². The van der Waals surface area contributed by atoms with Crippen LogP contribution in [-0.2, 0) is 20.1 Å². The van der Waals surface area contributed by atoms with Crippen LogP contribution >= 0.6 is 0 Å². The normalized spacial score (nSPS) is 10.9. The Morgan fingerprint density at radius 1 is 1.33 bits per heavy atom. The van der Waals surface area contributed by atoms with Crippen LogP contribution in [0.4, 0.5) is 10.2 Å². The molecule has 0 fully saturated rings. The molecule has 2 rings (SSSR count). The van der Waals surface area contributed by atoms with E-state index in [0.29, 0.717) is 18.7 Å². The number of hydrogen-bond donors (Lipinski definition) is 1. The first-order chi connectivity index (χ1) is 8.52. The Balaban J connectivity index is 2.15. The highest BCUT2D eigenvalue weighted by Crippen LogP contribution is 2.16. The third-order valence-corrected chi connectivity index (χ3v) is 2.93. The largest absolute Gasteiger partial charge is 0.364 e. The van der Waals surface area contributed by atoms with E-state index in [1.807, 2.05) is 34.0 Å². The first-order valence-electron chi connectivity index (χ1n) is 5.98. The zero-order valence-electron chi connectivity index (χ0n) is 11.2. The van der Waals surface area contributed by atoms with Gasteiger partial charge in [0.15, 0.2) is 5.82 Å². The number of hydrogen-bond acceptors (Lipinski definition) is 3. The Labute approximate surface area is 106 Å². The highest BCUT2D eigenvalue weighted by molar-refractivity contribution is 5.42. The molecule has 0 aliphatic rings. The van der Waals surface area contributed by atoms with Crippen molar-refractivity contribution in [2.45, 2.75) is 33.9 Å². The molecule has 1 N–H and O–H groups in total. The maximum atomic E-state index is 13.9. The van der Waals surface area contributed by atoms with Gasteiger partial charge in [0.05, 0.1) is 5.69 Å². The van der Waals surface area contributed by atoms with E-state index in [9.17, 15) is 4.39 Å². The van der Waals surface area contributed by atoms with E-state index >= 15 is 0 Å². The van der Waals surface area contributed by atoms with E-state index in [1.54, 1.807) is 4.68 Å². The van der Waals surface area contributed by atoms with Crippen molar-refractivity contribution in [1.82, 2.24) is 19.6 Å². The molecule has 98 valence electrons. The molecule has 2 heterocycles. The van der Waals surface area contributed by atoms with E-state index in [2.05, 4.69) is 15.5 Å². The molecule has 2 aromatic heterocycles. The van der Waals surface area contributed by atoms with E-state index < -0.39 is 0 Å². The van der Waals surface area contributed by atoms with Gasteiger partial charge >= 0.3 is 0 Å². The Kier molecular flexibility index (Phi) is 3.36. The number of nitrogens with zero attached hydrogens (tertiary/aromatic N) is 4. The quantitative estimate of drug-likeness (QED) is 0.904. The fourth-order valence-corrected chi connectivity index (χ4v) is 1.95. The molecular weight excluding hydrogens is 233 g/mol. The maximum absolute atomic E-state index is 13.9. The summed E-state index contributed by atoms with van der Waals surface area (Å²) in [6, 6.07) is 0. The fraction of sp³-hybridized carbons (Fsp3) is 0.500. The lowest BCUT2D eigenvalue weighted by molar-refractivity contribution is 0.464. The van der Waals surface area contributed by atoms with Gasteiger partial charge in [0, 0.05) is 37.5 Å². The van der Waals surface area contributed by atoms with Crippen LogP contribution < -0.4 is 5.32 Å². The lowest BCUT2D eigenvalue weighted by Gasteiger charge is -2.03. The van der Waals surface area contributed by atoms with Crippen molar-refractivity contribution < 1.29 is 4.39 Å². The molecule has 0 spiro atoms. The highest BCUT2D eigenvalue weighted by atomic mass is 19.1. The van der Waals surface area contributed by atoms with Gasteiger partial charge in [-0.15, -0.1) is 0 Å². The monoisotopic (exact) mass is 251 g/mol. The number of nitrogens with one attached hydrogen (secondary N) is 1. The van der Waals surface area contributed by atoms with Crippen molar-refractivity contribution in [3.63, 3.8) is 0 Å². The van der Waals surface area contributed by atoms with Gasteiger partial charge in [0.1, 0.15) is 0 Å². The Bertz CT molecular complexity index is 555. The molecule has 18 heavy (non-hydrogen) atoms. The molecule has 0 atom stereocenters. The van der Waals surface area contributed by atoms with Crippen molar-refractivity contribution in [1.29, 1.82) is 0 Å². The Morgan fingerprint density at radius 3 is 2.56 bits per heavy atom. The first kappa shape index (κ1) is 12.6. The zero-order valence-corrected chi connectivity index (χ0v) is 11.2. The number of anilines is 1. The molecule has 0 bridgehead atoms. The van der Waals surface area contributed by atoms with Gasteiger partial charge in [-0.1, -0.05) is 0 Å². The number of aromatic nitrogens is 4. The average molecular weight is 251 g/mol. The predicted octanol–water partition coefficient (Wildman–Crippen LogP) is 2.00. The summed E-state index contributed by atoms with van der Waals surface area (Å²) in [5.74, 6) is 0.511. The third-order valence-electron chi connectivity index (χ3n) is 2.93. The molecule has 6 heteroatoms. The van der Waals surface area contributed by atoms with Crippen molar-refractivity contribution in [2.24, 2.45) is 7.05 Å². The van der Waals surface area contributed by atoms with Crippen LogP contribution in [0.5, 0.6) is 0 Å².